The third kappa shape index (κ3) is 3.97. The molecule has 3 aliphatic rings. The number of rotatable bonds is 5. The number of ether oxygens (including phenoxy) is 1. The maximum absolute atomic E-state index is 12.8. The van der Waals surface area contributed by atoms with Crippen LogP contribution in [0.5, 0.6) is 0 Å². The lowest BCUT2D eigenvalue weighted by atomic mass is 9.79. The zero-order chi connectivity index (χ0) is 23.1. The zero-order valence-corrected chi connectivity index (χ0v) is 19.1. The highest BCUT2D eigenvalue weighted by Crippen LogP contribution is 2.44. The van der Waals surface area contributed by atoms with Crippen LogP contribution in [0.2, 0.25) is 0 Å². The van der Waals surface area contributed by atoms with Crippen molar-refractivity contribution >= 4 is 29.7 Å². The number of carbonyl (C=O) groups is 3. The van der Waals surface area contributed by atoms with Crippen LogP contribution >= 0.6 is 11.8 Å². The van der Waals surface area contributed by atoms with Crippen LogP contribution in [-0.2, 0) is 14.3 Å². The number of amides is 2. The molecule has 2 unspecified atom stereocenters. The lowest BCUT2D eigenvalue weighted by molar-refractivity contribution is -0.152. The summed E-state index contributed by atoms with van der Waals surface area (Å²) in [6, 6.07) is 15.4. The topological polar surface area (TPSA) is 95.9 Å². The molecule has 172 valence electrons. The van der Waals surface area contributed by atoms with Gasteiger partial charge < -0.3 is 20.1 Å². The van der Waals surface area contributed by atoms with Gasteiger partial charge in [0.1, 0.15) is 12.6 Å². The first-order valence-corrected chi connectivity index (χ1v) is 12.3. The van der Waals surface area contributed by atoms with Crippen molar-refractivity contribution in [3.05, 3.63) is 59.7 Å². The highest BCUT2D eigenvalue weighted by Gasteiger charge is 2.45. The summed E-state index contributed by atoms with van der Waals surface area (Å²) in [5, 5.41) is 12.1. The van der Waals surface area contributed by atoms with E-state index < -0.39 is 18.1 Å². The second-order valence-electron chi connectivity index (χ2n) is 8.87. The predicted molar refractivity (Wildman–Crippen MR) is 125 cm³/mol. The van der Waals surface area contributed by atoms with Gasteiger partial charge in [-0.05, 0) is 42.0 Å². The van der Waals surface area contributed by atoms with Gasteiger partial charge in [-0.15, -0.1) is 11.8 Å². The summed E-state index contributed by atoms with van der Waals surface area (Å²) < 4.78 is 5.58. The van der Waals surface area contributed by atoms with Crippen LogP contribution in [0.1, 0.15) is 36.8 Å². The van der Waals surface area contributed by atoms with Crippen LogP contribution in [0.15, 0.2) is 48.5 Å². The number of nitrogens with zero attached hydrogens (tertiary/aromatic N) is 1. The molecule has 2 fully saturated rings. The van der Waals surface area contributed by atoms with Crippen LogP contribution in [0.3, 0.4) is 0 Å². The second-order valence-corrected chi connectivity index (χ2v) is 10.2. The number of fused-ring (bicyclic) bond motifs is 3. The molecule has 0 aromatic heterocycles. The summed E-state index contributed by atoms with van der Waals surface area (Å²) in [6.45, 7) is 2.11. The molecule has 1 aliphatic heterocycles. The average molecular weight is 467 g/mol. The SMILES string of the molecule is CC1SCC(C(=O)O)N1C(=O)C1CC(NC(=O)OCC2c3ccccc3-c3ccccc32)C1. The molecule has 1 heterocycles. The molecule has 1 saturated carbocycles. The molecule has 33 heavy (non-hydrogen) atoms. The highest BCUT2D eigenvalue weighted by molar-refractivity contribution is 8.00. The molecule has 1 saturated heterocycles. The quantitative estimate of drug-likeness (QED) is 0.698. The largest absolute Gasteiger partial charge is 0.480 e. The molecule has 2 amide bonds. The Labute approximate surface area is 196 Å². The lowest BCUT2D eigenvalue weighted by Crippen LogP contribution is -2.54. The van der Waals surface area contributed by atoms with Gasteiger partial charge in [0.05, 0.1) is 5.37 Å². The maximum Gasteiger partial charge on any atom is 0.407 e. The molecule has 2 aromatic carbocycles. The Kier molecular flexibility index (Phi) is 5.78. The van der Waals surface area contributed by atoms with Crippen molar-refractivity contribution < 1.29 is 24.2 Å². The molecule has 2 aliphatic carbocycles. The van der Waals surface area contributed by atoms with Gasteiger partial charge in [0, 0.05) is 23.6 Å². The Bertz CT molecular complexity index is 1050. The summed E-state index contributed by atoms with van der Waals surface area (Å²) >= 11 is 1.48. The second kappa shape index (κ2) is 8.74. The van der Waals surface area contributed by atoms with Gasteiger partial charge in [-0.1, -0.05) is 48.5 Å². The standard InChI is InChI=1S/C25H26N2O5S/c1-14-27(22(13-33-14)24(29)30)23(28)15-10-16(11-15)26-25(31)32-12-21-19-8-4-2-6-17(19)18-7-3-5-9-20(18)21/h2-9,14-16,21-22H,10-13H2,1H3,(H,26,31)(H,29,30). The lowest BCUT2D eigenvalue weighted by Gasteiger charge is -2.38. The van der Waals surface area contributed by atoms with E-state index >= 15 is 0 Å². The minimum atomic E-state index is -0.965. The average Bonchev–Trinajstić information content (AvgIpc) is 3.32. The van der Waals surface area contributed by atoms with E-state index in [0.29, 0.717) is 18.6 Å². The summed E-state index contributed by atoms with van der Waals surface area (Å²) in [6.07, 6.45) is 0.522. The van der Waals surface area contributed by atoms with E-state index in [0.717, 1.165) is 11.1 Å². The fourth-order valence-corrected chi connectivity index (χ4v) is 6.30. The van der Waals surface area contributed by atoms with Crippen molar-refractivity contribution in [3.8, 4) is 11.1 Å². The van der Waals surface area contributed by atoms with Crippen LogP contribution in [0.25, 0.3) is 11.1 Å². The summed E-state index contributed by atoms with van der Waals surface area (Å²) in [4.78, 5) is 38.2. The third-order valence-electron chi connectivity index (χ3n) is 6.92. The molecule has 2 N–H and O–H groups in total. The van der Waals surface area contributed by atoms with E-state index in [1.807, 2.05) is 31.2 Å². The molecule has 2 atom stereocenters. The van der Waals surface area contributed by atoms with E-state index in [4.69, 9.17) is 4.74 Å². The number of hydrogen-bond acceptors (Lipinski definition) is 5. The maximum atomic E-state index is 12.8. The number of carbonyl (C=O) groups excluding carboxylic acids is 2. The fraction of sp³-hybridized carbons (Fsp3) is 0.400. The van der Waals surface area contributed by atoms with Crippen molar-refractivity contribution in [3.63, 3.8) is 0 Å². The van der Waals surface area contributed by atoms with Crippen molar-refractivity contribution in [2.75, 3.05) is 12.4 Å². The van der Waals surface area contributed by atoms with Crippen LogP contribution in [0.4, 0.5) is 4.79 Å². The minimum absolute atomic E-state index is 0.000901. The predicted octanol–water partition coefficient (Wildman–Crippen LogP) is 3.68. The fourth-order valence-electron chi connectivity index (χ4n) is 5.12. The van der Waals surface area contributed by atoms with Crippen LogP contribution < -0.4 is 5.32 Å². The van der Waals surface area contributed by atoms with Gasteiger partial charge in [0.25, 0.3) is 0 Å². The Balaban J connectivity index is 1.14. The smallest absolute Gasteiger partial charge is 0.407 e. The Morgan fingerprint density at radius 3 is 2.27 bits per heavy atom. The van der Waals surface area contributed by atoms with Gasteiger partial charge in [0.2, 0.25) is 5.91 Å². The number of carboxylic acid groups (broad SMARTS) is 1. The number of aliphatic carboxylic acids is 1. The normalized spacial score (nSPS) is 25.7. The third-order valence-corrected chi connectivity index (χ3v) is 8.13. The summed E-state index contributed by atoms with van der Waals surface area (Å²) in [7, 11) is 0. The first kappa shape index (κ1) is 21.8. The highest BCUT2D eigenvalue weighted by atomic mass is 32.2. The first-order chi connectivity index (χ1) is 15.9. The van der Waals surface area contributed by atoms with E-state index in [9.17, 15) is 19.5 Å². The number of benzene rings is 2. The first-order valence-electron chi connectivity index (χ1n) is 11.2. The molecule has 5 rings (SSSR count). The molecule has 2 aromatic rings. The van der Waals surface area contributed by atoms with Gasteiger partial charge >= 0.3 is 12.1 Å². The summed E-state index contributed by atoms with van der Waals surface area (Å²) in [5.41, 5.74) is 4.67. The summed E-state index contributed by atoms with van der Waals surface area (Å²) in [5.74, 6) is -0.942. The van der Waals surface area contributed by atoms with E-state index in [1.54, 1.807) is 0 Å². The Morgan fingerprint density at radius 2 is 1.67 bits per heavy atom. The van der Waals surface area contributed by atoms with Crippen molar-refractivity contribution in [1.82, 2.24) is 10.2 Å². The van der Waals surface area contributed by atoms with Gasteiger partial charge in [-0.2, -0.15) is 0 Å². The van der Waals surface area contributed by atoms with Crippen LogP contribution in [0, 0.1) is 5.92 Å². The number of carboxylic acids is 1. The number of thioether (sulfide) groups is 1. The molecule has 0 radical (unpaired) electrons. The molecular weight excluding hydrogens is 440 g/mol. The number of alkyl carbamates (subject to hydrolysis) is 1. The molecule has 7 nitrogen and oxygen atoms in total. The zero-order valence-electron chi connectivity index (χ0n) is 18.3. The van der Waals surface area contributed by atoms with Gasteiger partial charge in [0.15, 0.2) is 0 Å². The number of nitrogens with one attached hydrogen (secondary N) is 1. The molecule has 0 spiro atoms. The Morgan fingerprint density at radius 1 is 1.06 bits per heavy atom. The number of hydrogen-bond donors (Lipinski definition) is 2. The van der Waals surface area contributed by atoms with E-state index in [1.165, 1.54) is 27.8 Å². The van der Waals surface area contributed by atoms with Crippen molar-refractivity contribution in [2.45, 2.75) is 43.1 Å². The minimum Gasteiger partial charge on any atom is -0.480 e. The van der Waals surface area contributed by atoms with Crippen molar-refractivity contribution in [2.24, 2.45) is 5.92 Å². The van der Waals surface area contributed by atoms with Crippen LogP contribution in [-0.4, -0.2) is 57.8 Å². The molecule has 8 heteroatoms. The van der Waals surface area contributed by atoms with E-state index in [2.05, 4.69) is 29.6 Å². The molecular formula is C25H26N2O5S. The Hall–Kier alpha value is -3.00. The van der Waals surface area contributed by atoms with Crippen molar-refractivity contribution in [1.29, 1.82) is 0 Å². The van der Waals surface area contributed by atoms with Gasteiger partial charge in [-0.25, -0.2) is 9.59 Å². The van der Waals surface area contributed by atoms with E-state index in [-0.39, 0.29) is 35.8 Å². The monoisotopic (exact) mass is 466 g/mol. The molecule has 0 bridgehead atoms. The van der Waals surface area contributed by atoms with Gasteiger partial charge in [-0.3, -0.25) is 4.79 Å².